The Balaban J connectivity index is 2.15. The van der Waals surface area contributed by atoms with Gasteiger partial charge in [-0.25, -0.2) is 9.07 Å². The number of aliphatic carboxylic acids is 1. The van der Waals surface area contributed by atoms with Crippen LogP contribution >= 0.6 is 0 Å². The molecule has 0 atom stereocenters. The number of carboxylic acid groups (broad SMARTS) is 1. The minimum atomic E-state index is -0.863. The predicted molar refractivity (Wildman–Crippen MR) is 70.2 cm³/mol. The molecule has 1 N–H and O–H groups in total. The van der Waals surface area contributed by atoms with E-state index in [0.717, 1.165) is 11.1 Å². The Kier molecular flexibility index (Phi) is 4.34. The van der Waals surface area contributed by atoms with Gasteiger partial charge in [0.25, 0.3) is 0 Å². The van der Waals surface area contributed by atoms with Crippen molar-refractivity contribution in [1.29, 1.82) is 0 Å². The fourth-order valence-corrected chi connectivity index (χ4v) is 1.94. The molecule has 0 spiro atoms. The Labute approximate surface area is 115 Å². The maximum Gasteiger partial charge on any atom is 0.303 e. The second-order valence-electron chi connectivity index (χ2n) is 4.36. The summed E-state index contributed by atoms with van der Waals surface area (Å²) in [5.41, 5.74) is 1.63. The maximum atomic E-state index is 12.8. The first-order valence-electron chi connectivity index (χ1n) is 6.15. The van der Waals surface area contributed by atoms with Gasteiger partial charge in [0, 0.05) is 12.0 Å². The SMILES string of the molecule is COc1c(CCC(=O)O)cnn1Cc1ccc(F)cc1. The van der Waals surface area contributed by atoms with Crippen LogP contribution in [-0.4, -0.2) is 28.0 Å². The Bertz CT molecular complexity index is 593. The first kappa shape index (κ1) is 14.0. The lowest BCUT2D eigenvalue weighted by atomic mass is 10.2. The van der Waals surface area contributed by atoms with Gasteiger partial charge in [0.2, 0.25) is 5.88 Å². The summed E-state index contributed by atoms with van der Waals surface area (Å²) in [5, 5.41) is 12.9. The van der Waals surface area contributed by atoms with Crippen molar-refractivity contribution in [3.8, 4) is 5.88 Å². The number of aromatic nitrogens is 2. The standard InChI is InChI=1S/C14H15FN2O3/c1-20-14-11(4-7-13(18)19)8-16-17(14)9-10-2-5-12(15)6-3-10/h2-3,5-6,8H,4,7,9H2,1H3,(H,18,19). The summed E-state index contributed by atoms with van der Waals surface area (Å²) in [6.45, 7) is 0.441. The van der Waals surface area contributed by atoms with E-state index in [0.29, 0.717) is 18.8 Å². The van der Waals surface area contributed by atoms with Crippen LogP contribution in [0.5, 0.6) is 5.88 Å². The third-order valence-electron chi connectivity index (χ3n) is 2.91. The zero-order valence-electron chi connectivity index (χ0n) is 11.0. The zero-order chi connectivity index (χ0) is 14.5. The Morgan fingerprint density at radius 1 is 1.40 bits per heavy atom. The third kappa shape index (κ3) is 3.34. The van der Waals surface area contributed by atoms with Crippen molar-refractivity contribution < 1.29 is 19.0 Å². The molecule has 106 valence electrons. The van der Waals surface area contributed by atoms with E-state index in [1.807, 2.05) is 0 Å². The zero-order valence-corrected chi connectivity index (χ0v) is 11.0. The van der Waals surface area contributed by atoms with Crippen LogP contribution in [-0.2, 0) is 17.8 Å². The van der Waals surface area contributed by atoms with Crippen molar-refractivity contribution in [3.05, 3.63) is 47.4 Å². The van der Waals surface area contributed by atoms with E-state index in [1.165, 1.54) is 19.2 Å². The highest BCUT2D eigenvalue weighted by molar-refractivity contribution is 5.67. The van der Waals surface area contributed by atoms with E-state index in [1.54, 1.807) is 23.0 Å². The summed E-state index contributed by atoms with van der Waals surface area (Å²) < 4.78 is 19.8. The number of rotatable bonds is 6. The Morgan fingerprint density at radius 2 is 2.10 bits per heavy atom. The summed E-state index contributed by atoms with van der Waals surface area (Å²) in [6.07, 6.45) is 1.99. The Hall–Kier alpha value is -2.37. The van der Waals surface area contributed by atoms with Crippen molar-refractivity contribution in [2.75, 3.05) is 7.11 Å². The van der Waals surface area contributed by atoms with Gasteiger partial charge in [-0.15, -0.1) is 0 Å². The molecular weight excluding hydrogens is 263 g/mol. The second-order valence-corrected chi connectivity index (χ2v) is 4.36. The van der Waals surface area contributed by atoms with Gasteiger partial charge in [0.1, 0.15) is 5.82 Å². The van der Waals surface area contributed by atoms with Crippen molar-refractivity contribution in [2.24, 2.45) is 0 Å². The molecule has 0 aliphatic rings. The molecule has 6 heteroatoms. The number of benzene rings is 1. The van der Waals surface area contributed by atoms with Crippen LogP contribution in [0.15, 0.2) is 30.5 Å². The molecule has 2 rings (SSSR count). The van der Waals surface area contributed by atoms with Crippen LogP contribution in [0.25, 0.3) is 0 Å². The van der Waals surface area contributed by atoms with Gasteiger partial charge in [-0.2, -0.15) is 5.10 Å². The van der Waals surface area contributed by atoms with E-state index in [2.05, 4.69) is 5.10 Å². The molecule has 5 nitrogen and oxygen atoms in total. The summed E-state index contributed by atoms with van der Waals surface area (Å²) in [4.78, 5) is 10.6. The highest BCUT2D eigenvalue weighted by Gasteiger charge is 2.12. The molecule has 20 heavy (non-hydrogen) atoms. The van der Waals surface area contributed by atoms with Crippen molar-refractivity contribution in [3.63, 3.8) is 0 Å². The largest absolute Gasteiger partial charge is 0.481 e. The normalized spacial score (nSPS) is 10.5. The quantitative estimate of drug-likeness (QED) is 0.878. The summed E-state index contributed by atoms with van der Waals surface area (Å²) >= 11 is 0. The van der Waals surface area contributed by atoms with Gasteiger partial charge in [0.15, 0.2) is 0 Å². The fraction of sp³-hybridized carbons (Fsp3) is 0.286. The summed E-state index contributed by atoms with van der Waals surface area (Å²) in [5.74, 6) is -0.614. The monoisotopic (exact) mass is 278 g/mol. The van der Waals surface area contributed by atoms with E-state index in [-0.39, 0.29) is 12.2 Å². The maximum absolute atomic E-state index is 12.8. The highest BCUT2D eigenvalue weighted by atomic mass is 19.1. The van der Waals surface area contributed by atoms with E-state index < -0.39 is 5.97 Å². The van der Waals surface area contributed by atoms with Crippen LogP contribution < -0.4 is 4.74 Å². The number of hydrogen-bond acceptors (Lipinski definition) is 3. The van der Waals surface area contributed by atoms with Gasteiger partial charge >= 0.3 is 5.97 Å². The lowest BCUT2D eigenvalue weighted by Crippen LogP contribution is -2.05. The molecule has 0 amide bonds. The third-order valence-corrected chi connectivity index (χ3v) is 2.91. The van der Waals surface area contributed by atoms with Gasteiger partial charge in [-0.3, -0.25) is 4.79 Å². The number of ether oxygens (including phenoxy) is 1. The minimum Gasteiger partial charge on any atom is -0.481 e. The average molecular weight is 278 g/mol. The van der Waals surface area contributed by atoms with Crippen molar-refractivity contribution in [1.82, 2.24) is 9.78 Å². The van der Waals surface area contributed by atoms with Crippen LogP contribution in [0.1, 0.15) is 17.5 Å². The number of carboxylic acids is 1. The average Bonchev–Trinajstić information content (AvgIpc) is 2.81. The lowest BCUT2D eigenvalue weighted by Gasteiger charge is -2.08. The molecule has 1 aromatic carbocycles. The molecule has 0 aliphatic carbocycles. The first-order valence-corrected chi connectivity index (χ1v) is 6.15. The van der Waals surface area contributed by atoms with Gasteiger partial charge in [0.05, 0.1) is 19.9 Å². The molecule has 0 fully saturated rings. The Morgan fingerprint density at radius 3 is 2.70 bits per heavy atom. The van der Waals surface area contributed by atoms with Gasteiger partial charge in [-0.1, -0.05) is 12.1 Å². The molecule has 0 aliphatic heterocycles. The lowest BCUT2D eigenvalue weighted by molar-refractivity contribution is -0.136. The summed E-state index contributed by atoms with van der Waals surface area (Å²) in [7, 11) is 1.52. The smallest absolute Gasteiger partial charge is 0.303 e. The van der Waals surface area contributed by atoms with Crippen LogP contribution in [0, 0.1) is 5.82 Å². The number of halogens is 1. The van der Waals surface area contributed by atoms with Crippen LogP contribution in [0.3, 0.4) is 0 Å². The molecular formula is C14H15FN2O3. The molecule has 0 saturated carbocycles. The first-order chi connectivity index (χ1) is 9.60. The van der Waals surface area contributed by atoms with E-state index in [9.17, 15) is 9.18 Å². The number of nitrogens with zero attached hydrogens (tertiary/aromatic N) is 2. The second kappa shape index (κ2) is 6.18. The fourth-order valence-electron chi connectivity index (χ4n) is 1.94. The van der Waals surface area contributed by atoms with Crippen molar-refractivity contribution >= 4 is 5.97 Å². The van der Waals surface area contributed by atoms with Crippen molar-refractivity contribution in [2.45, 2.75) is 19.4 Å². The van der Waals surface area contributed by atoms with Gasteiger partial charge < -0.3 is 9.84 Å². The van der Waals surface area contributed by atoms with E-state index >= 15 is 0 Å². The van der Waals surface area contributed by atoms with E-state index in [4.69, 9.17) is 9.84 Å². The molecule has 1 aromatic heterocycles. The number of carbonyl (C=O) groups is 1. The number of methoxy groups -OCH3 is 1. The number of hydrogen-bond donors (Lipinski definition) is 1. The highest BCUT2D eigenvalue weighted by Crippen LogP contribution is 2.20. The van der Waals surface area contributed by atoms with Crippen LogP contribution in [0.4, 0.5) is 4.39 Å². The molecule has 0 bridgehead atoms. The summed E-state index contributed by atoms with van der Waals surface area (Å²) in [6, 6.07) is 6.12. The minimum absolute atomic E-state index is 0.0264. The van der Waals surface area contributed by atoms with Gasteiger partial charge in [-0.05, 0) is 24.1 Å². The molecule has 0 radical (unpaired) electrons. The van der Waals surface area contributed by atoms with Crippen LogP contribution in [0.2, 0.25) is 0 Å². The topological polar surface area (TPSA) is 64.3 Å². The number of aryl methyl sites for hydroxylation is 1. The predicted octanol–water partition coefficient (Wildman–Crippen LogP) is 2.10. The molecule has 0 saturated heterocycles. The molecule has 0 unspecified atom stereocenters. The molecule has 1 heterocycles. The molecule has 2 aromatic rings.